The van der Waals surface area contributed by atoms with Crippen molar-refractivity contribution in [1.29, 1.82) is 0 Å². The summed E-state index contributed by atoms with van der Waals surface area (Å²) in [6, 6.07) is 14.4. The number of hydrogen-bond donors (Lipinski definition) is 2. The summed E-state index contributed by atoms with van der Waals surface area (Å²) < 4.78 is 16.5. The van der Waals surface area contributed by atoms with Crippen LogP contribution in [0, 0.1) is 12.3 Å². The number of aliphatic hydroxyl groups is 1. The summed E-state index contributed by atoms with van der Waals surface area (Å²) >= 11 is 0. The Kier molecular flexibility index (Phi) is 8.03. The molecule has 7 heteroatoms. The Morgan fingerprint density at radius 2 is 1.84 bits per heavy atom. The summed E-state index contributed by atoms with van der Waals surface area (Å²) in [6.07, 6.45) is 6.79. The maximum absolute atomic E-state index is 12.5. The smallest absolute Gasteiger partial charge is 0.337 e. The molecule has 166 valence electrons. The van der Waals surface area contributed by atoms with Crippen LogP contribution in [0.3, 0.4) is 0 Å². The Bertz CT molecular complexity index is 1000. The first-order chi connectivity index (χ1) is 15.5. The summed E-state index contributed by atoms with van der Waals surface area (Å²) in [7, 11) is 1.33. The number of hydrogen-bond acceptors (Lipinski definition) is 6. The maximum atomic E-state index is 12.5. The average molecular weight is 435 g/mol. The molecule has 0 fully saturated rings. The molecule has 0 saturated carbocycles. The van der Waals surface area contributed by atoms with Gasteiger partial charge in [0.25, 0.3) is 5.91 Å². The summed E-state index contributed by atoms with van der Waals surface area (Å²) in [5.74, 6) is 1.50. The number of nitrogens with one attached hydrogen (secondary N) is 1. The van der Waals surface area contributed by atoms with Crippen LogP contribution in [0.1, 0.15) is 39.4 Å². The van der Waals surface area contributed by atoms with E-state index in [2.05, 4.69) is 11.2 Å². The normalized spacial score (nSPS) is 17.5. The van der Waals surface area contributed by atoms with Crippen LogP contribution in [0.15, 0.2) is 60.4 Å². The molecule has 1 aliphatic rings. The molecule has 2 atom stereocenters. The third-order valence-electron chi connectivity index (χ3n) is 5.03. The molecule has 0 radical (unpaired) electrons. The SMILES string of the molecule is C#CCNC(=O)C1=C[C@@H](c2ccc(C(=O)OC)cc2)C[C@@H](OCc2ccc(CO)cc2)O1. The number of allylic oxidation sites excluding steroid dienone is 1. The minimum Gasteiger partial charge on any atom is -0.465 e. The highest BCUT2D eigenvalue weighted by Gasteiger charge is 2.29. The number of carbonyl (C=O) groups is 2. The lowest BCUT2D eigenvalue weighted by atomic mass is 9.92. The first-order valence-corrected chi connectivity index (χ1v) is 10.1. The Morgan fingerprint density at radius 3 is 2.47 bits per heavy atom. The third-order valence-corrected chi connectivity index (χ3v) is 5.03. The van der Waals surface area contributed by atoms with Crippen LogP contribution < -0.4 is 5.32 Å². The number of methoxy groups -OCH3 is 1. The fourth-order valence-electron chi connectivity index (χ4n) is 3.28. The summed E-state index contributed by atoms with van der Waals surface area (Å²) in [5, 5.41) is 11.8. The van der Waals surface area contributed by atoms with Gasteiger partial charge in [-0.1, -0.05) is 42.3 Å². The molecule has 2 N–H and O–H groups in total. The average Bonchev–Trinajstić information content (AvgIpc) is 2.85. The molecule has 2 aromatic rings. The summed E-state index contributed by atoms with van der Waals surface area (Å²) in [5.41, 5.74) is 3.08. The van der Waals surface area contributed by atoms with Gasteiger partial charge in [-0.3, -0.25) is 4.79 Å². The molecule has 1 amide bonds. The van der Waals surface area contributed by atoms with Crippen molar-refractivity contribution in [1.82, 2.24) is 5.32 Å². The van der Waals surface area contributed by atoms with Crippen LogP contribution in [-0.4, -0.2) is 36.9 Å². The van der Waals surface area contributed by atoms with Crippen molar-refractivity contribution < 1.29 is 28.9 Å². The maximum Gasteiger partial charge on any atom is 0.337 e. The van der Waals surface area contributed by atoms with E-state index in [0.717, 1.165) is 16.7 Å². The van der Waals surface area contributed by atoms with Gasteiger partial charge in [0, 0.05) is 12.3 Å². The lowest BCUT2D eigenvalue weighted by Crippen LogP contribution is -2.33. The highest BCUT2D eigenvalue weighted by atomic mass is 16.7. The van der Waals surface area contributed by atoms with Gasteiger partial charge in [-0.25, -0.2) is 4.79 Å². The predicted octanol–water partition coefficient (Wildman–Crippen LogP) is 2.65. The molecule has 1 aliphatic heterocycles. The Hall–Kier alpha value is -3.60. The summed E-state index contributed by atoms with van der Waals surface area (Å²) in [4.78, 5) is 24.2. The van der Waals surface area contributed by atoms with Gasteiger partial charge >= 0.3 is 5.97 Å². The molecule has 7 nitrogen and oxygen atoms in total. The van der Waals surface area contributed by atoms with Gasteiger partial charge in [-0.15, -0.1) is 6.42 Å². The van der Waals surface area contributed by atoms with E-state index in [1.165, 1.54) is 7.11 Å². The second-order valence-electron chi connectivity index (χ2n) is 7.21. The molecular formula is C25H25NO6. The summed E-state index contributed by atoms with van der Waals surface area (Å²) in [6.45, 7) is 0.342. The van der Waals surface area contributed by atoms with Crippen LogP contribution in [0.2, 0.25) is 0 Å². The fraction of sp³-hybridized carbons (Fsp3) is 0.280. The fourth-order valence-corrected chi connectivity index (χ4v) is 3.28. The van der Waals surface area contributed by atoms with E-state index >= 15 is 0 Å². The van der Waals surface area contributed by atoms with E-state index in [1.54, 1.807) is 18.2 Å². The number of benzene rings is 2. The molecule has 0 bridgehead atoms. The first-order valence-electron chi connectivity index (χ1n) is 10.1. The Balaban J connectivity index is 1.75. The minimum atomic E-state index is -0.658. The number of amides is 1. The number of rotatable bonds is 8. The van der Waals surface area contributed by atoms with Gasteiger partial charge in [-0.2, -0.15) is 0 Å². The zero-order valence-corrected chi connectivity index (χ0v) is 17.7. The molecule has 3 rings (SSSR count). The highest BCUT2D eigenvalue weighted by Crippen LogP contribution is 2.32. The topological polar surface area (TPSA) is 94.1 Å². The molecule has 0 aliphatic carbocycles. The van der Waals surface area contributed by atoms with Gasteiger partial charge in [-0.05, 0) is 34.9 Å². The van der Waals surface area contributed by atoms with Crippen LogP contribution in [0.4, 0.5) is 0 Å². The second kappa shape index (κ2) is 11.1. The standard InChI is InChI=1S/C25H25NO6/c1-3-12-26-24(28)22-13-21(19-8-10-20(11-9-19)25(29)30-2)14-23(32-22)31-16-18-6-4-17(15-27)5-7-18/h1,4-11,13,21,23,27H,12,14-16H2,2H3,(H,26,28)/t21-,23+/m1/s1. The lowest BCUT2D eigenvalue weighted by Gasteiger charge is -2.29. The van der Waals surface area contributed by atoms with Crippen molar-refractivity contribution in [2.45, 2.75) is 31.8 Å². The van der Waals surface area contributed by atoms with Crippen molar-refractivity contribution in [2.75, 3.05) is 13.7 Å². The second-order valence-corrected chi connectivity index (χ2v) is 7.21. The zero-order chi connectivity index (χ0) is 22.9. The number of terminal acetylenes is 1. The van der Waals surface area contributed by atoms with Gasteiger partial charge in [0.05, 0.1) is 32.4 Å². The van der Waals surface area contributed by atoms with Crippen molar-refractivity contribution in [3.05, 3.63) is 82.6 Å². The van der Waals surface area contributed by atoms with E-state index in [0.29, 0.717) is 12.0 Å². The van der Waals surface area contributed by atoms with Gasteiger partial charge in [0.15, 0.2) is 5.76 Å². The quantitative estimate of drug-likeness (QED) is 0.489. The van der Waals surface area contributed by atoms with E-state index < -0.39 is 18.2 Å². The van der Waals surface area contributed by atoms with Crippen LogP contribution in [0.5, 0.6) is 0 Å². The van der Waals surface area contributed by atoms with E-state index in [1.807, 2.05) is 36.4 Å². The largest absolute Gasteiger partial charge is 0.465 e. The highest BCUT2D eigenvalue weighted by molar-refractivity contribution is 5.92. The monoisotopic (exact) mass is 435 g/mol. The predicted molar refractivity (Wildman–Crippen MR) is 117 cm³/mol. The van der Waals surface area contributed by atoms with Gasteiger partial charge in [0.2, 0.25) is 6.29 Å². The number of carbonyl (C=O) groups excluding carboxylic acids is 2. The van der Waals surface area contributed by atoms with E-state index in [-0.39, 0.29) is 31.4 Å². The van der Waals surface area contributed by atoms with Crippen molar-refractivity contribution in [3.63, 3.8) is 0 Å². The third kappa shape index (κ3) is 5.97. The molecule has 0 spiro atoms. The van der Waals surface area contributed by atoms with Crippen molar-refractivity contribution in [2.24, 2.45) is 0 Å². The zero-order valence-electron chi connectivity index (χ0n) is 17.7. The van der Waals surface area contributed by atoms with Gasteiger partial charge in [0.1, 0.15) is 0 Å². The van der Waals surface area contributed by atoms with Crippen molar-refractivity contribution >= 4 is 11.9 Å². The number of ether oxygens (including phenoxy) is 3. The van der Waals surface area contributed by atoms with Crippen LogP contribution in [0.25, 0.3) is 0 Å². The molecule has 1 heterocycles. The molecule has 0 aromatic heterocycles. The molecular weight excluding hydrogens is 410 g/mol. The Labute approximate surface area is 187 Å². The van der Waals surface area contributed by atoms with Gasteiger partial charge < -0.3 is 24.6 Å². The lowest BCUT2D eigenvalue weighted by molar-refractivity contribution is -0.150. The van der Waals surface area contributed by atoms with E-state index in [9.17, 15) is 14.7 Å². The first kappa shape index (κ1) is 23.1. The van der Waals surface area contributed by atoms with E-state index in [4.69, 9.17) is 20.6 Å². The molecule has 0 saturated heterocycles. The molecule has 2 aromatic carbocycles. The van der Waals surface area contributed by atoms with Crippen LogP contribution >= 0.6 is 0 Å². The molecule has 32 heavy (non-hydrogen) atoms. The van der Waals surface area contributed by atoms with Crippen molar-refractivity contribution in [3.8, 4) is 12.3 Å². The van der Waals surface area contributed by atoms with Crippen LogP contribution in [-0.2, 0) is 32.2 Å². The number of esters is 1. The minimum absolute atomic E-state index is 0.0236. The number of aliphatic hydroxyl groups excluding tert-OH is 1. The molecule has 0 unspecified atom stereocenters. The Morgan fingerprint density at radius 1 is 1.16 bits per heavy atom.